The zero-order valence-corrected chi connectivity index (χ0v) is 15.4. The van der Waals surface area contributed by atoms with Gasteiger partial charge >= 0.3 is 0 Å². The third kappa shape index (κ3) is 3.28. The highest BCUT2D eigenvalue weighted by Gasteiger charge is 2.36. The van der Waals surface area contributed by atoms with E-state index in [1.54, 1.807) is 11.1 Å². The van der Waals surface area contributed by atoms with Crippen LogP contribution in [-0.4, -0.2) is 23.3 Å². The Labute approximate surface area is 158 Å². The Morgan fingerprint density at radius 3 is 2.81 bits per heavy atom. The van der Waals surface area contributed by atoms with E-state index in [0.717, 1.165) is 33.4 Å². The molecule has 1 unspecified atom stereocenters. The molecule has 0 spiro atoms. The molecule has 1 fully saturated rings. The van der Waals surface area contributed by atoms with Gasteiger partial charge in [0.2, 0.25) is 11.8 Å². The predicted molar refractivity (Wildman–Crippen MR) is 107 cm³/mol. The molecule has 0 bridgehead atoms. The van der Waals surface area contributed by atoms with E-state index in [1.807, 2.05) is 62.4 Å². The van der Waals surface area contributed by atoms with Crippen LogP contribution in [0.15, 0.2) is 54.7 Å². The van der Waals surface area contributed by atoms with Gasteiger partial charge in [-0.3, -0.25) is 14.6 Å². The number of carbonyl (C=O) groups excluding carboxylic acids is 2. The van der Waals surface area contributed by atoms with Crippen molar-refractivity contribution in [1.82, 2.24) is 4.98 Å². The zero-order chi connectivity index (χ0) is 19.0. The number of fused-ring (bicyclic) bond motifs is 1. The van der Waals surface area contributed by atoms with E-state index < -0.39 is 0 Å². The van der Waals surface area contributed by atoms with Gasteiger partial charge in [0, 0.05) is 30.2 Å². The number of hydrogen-bond acceptors (Lipinski definition) is 3. The molecule has 0 radical (unpaired) electrons. The number of nitrogens with zero attached hydrogens (tertiary/aromatic N) is 2. The molecule has 4 rings (SSSR count). The van der Waals surface area contributed by atoms with Crippen LogP contribution in [0.3, 0.4) is 0 Å². The Morgan fingerprint density at radius 2 is 1.96 bits per heavy atom. The Kier molecular flexibility index (Phi) is 4.36. The molecule has 1 atom stereocenters. The second-order valence-electron chi connectivity index (χ2n) is 7.07. The van der Waals surface area contributed by atoms with Crippen molar-refractivity contribution in [3.05, 3.63) is 65.9 Å². The number of amides is 2. The van der Waals surface area contributed by atoms with Crippen molar-refractivity contribution in [2.75, 3.05) is 16.8 Å². The molecule has 5 nitrogen and oxygen atoms in total. The molecule has 5 heteroatoms. The molecular weight excluding hydrogens is 338 g/mol. The van der Waals surface area contributed by atoms with Crippen molar-refractivity contribution in [3.8, 4) is 0 Å². The topological polar surface area (TPSA) is 62.3 Å². The van der Waals surface area contributed by atoms with Crippen LogP contribution in [0.1, 0.15) is 17.5 Å². The fraction of sp³-hybridized carbons (Fsp3) is 0.227. The van der Waals surface area contributed by atoms with Gasteiger partial charge < -0.3 is 10.2 Å². The smallest absolute Gasteiger partial charge is 0.229 e. The maximum Gasteiger partial charge on any atom is 0.229 e. The second kappa shape index (κ2) is 6.83. The molecule has 1 N–H and O–H groups in total. The summed E-state index contributed by atoms with van der Waals surface area (Å²) in [6.07, 6.45) is 1.93. The molecule has 1 aliphatic heterocycles. The lowest BCUT2D eigenvalue weighted by atomic mass is 10.1. The number of benzene rings is 2. The molecule has 1 aliphatic rings. The second-order valence-corrected chi connectivity index (χ2v) is 7.07. The summed E-state index contributed by atoms with van der Waals surface area (Å²) in [5, 5.41) is 3.97. The van der Waals surface area contributed by atoms with E-state index in [0.29, 0.717) is 6.54 Å². The number of aryl methyl sites for hydroxylation is 2. The van der Waals surface area contributed by atoms with Gasteiger partial charge in [-0.15, -0.1) is 0 Å². The van der Waals surface area contributed by atoms with Crippen molar-refractivity contribution < 1.29 is 9.59 Å². The van der Waals surface area contributed by atoms with Gasteiger partial charge in [0.25, 0.3) is 0 Å². The fourth-order valence-electron chi connectivity index (χ4n) is 3.53. The average Bonchev–Trinajstić information content (AvgIpc) is 3.06. The first-order valence-electron chi connectivity index (χ1n) is 9.05. The summed E-state index contributed by atoms with van der Waals surface area (Å²) in [6.45, 7) is 4.32. The normalized spacial score (nSPS) is 16.7. The predicted octanol–water partition coefficient (Wildman–Crippen LogP) is 3.84. The van der Waals surface area contributed by atoms with Gasteiger partial charge in [-0.1, -0.05) is 30.3 Å². The number of anilines is 2. The maximum absolute atomic E-state index is 12.8. The van der Waals surface area contributed by atoms with Gasteiger partial charge in [0.05, 0.1) is 17.1 Å². The summed E-state index contributed by atoms with van der Waals surface area (Å²) in [4.78, 5) is 31.5. The monoisotopic (exact) mass is 359 g/mol. The number of rotatable bonds is 3. The maximum atomic E-state index is 12.8. The summed E-state index contributed by atoms with van der Waals surface area (Å²) in [6, 6.07) is 15.6. The van der Waals surface area contributed by atoms with Crippen LogP contribution in [0, 0.1) is 19.8 Å². The van der Waals surface area contributed by atoms with Gasteiger partial charge in [-0.25, -0.2) is 0 Å². The minimum Gasteiger partial charge on any atom is -0.326 e. The Morgan fingerprint density at radius 1 is 1.15 bits per heavy atom. The van der Waals surface area contributed by atoms with Crippen LogP contribution in [0.4, 0.5) is 11.4 Å². The number of para-hydroxylation sites is 1. The van der Waals surface area contributed by atoms with Gasteiger partial charge in [-0.2, -0.15) is 0 Å². The largest absolute Gasteiger partial charge is 0.326 e. The van der Waals surface area contributed by atoms with Crippen LogP contribution in [-0.2, 0) is 9.59 Å². The number of aromatic nitrogens is 1. The molecule has 3 aromatic rings. The fourth-order valence-corrected chi connectivity index (χ4v) is 3.53. The number of nitrogens with one attached hydrogen (secondary N) is 1. The van der Waals surface area contributed by atoms with Crippen LogP contribution >= 0.6 is 0 Å². The number of hydrogen-bond donors (Lipinski definition) is 1. The van der Waals surface area contributed by atoms with Gasteiger partial charge in [0.1, 0.15) is 0 Å². The first-order chi connectivity index (χ1) is 13.0. The molecule has 2 heterocycles. The van der Waals surface area contributed by atoms with E-state index in [9.17, 15) is 9.59 Å². The summed E-state index contributed by atoms with van der Waals surface area (Å²) in [5.41, 5.74) is 4.44. The lowest BCUT2D eigenvalue weighted by molar-refractivity contribution is -0.122. The van der Waals surface area contributed by atoms with Crippen molar-refractivity contribution in [2.24, 2.45) is 5.92 Å². The van der Waals surface area contributed by atoms with E-state index in [2.05, 4.69) is 10.3 Å². The lowest BCUT2D eigenvalue weighted by Gasteiger charge is -2.18. The number of pyridine rings is 1. The van der Waals surface area contributed by atoms with Crippen molar-refractivity contribution in [3.63, 3.8) is 0 Å². The van der Waals surface area contributed by atoms with Crippen molar-refractivity contribution >= 4 is 34.1 Å². The highest BCUT2D eigenvalue weighted by molar-refractivity contribution is 6.07. The minimum absolute atomic E-state index is 0.0470. The van der Waals surface area contributed by atoms with E-state index in [4.69, 9.17) is 0 Å². The van der Waals surface area contributed by atoms with Gasteiger partial charge in [0.15, 0.2) is 0 Å². The third-order valence-corrected chi connectivity index (χ3v) is 5.05. The van der Waals surface area contributed by atoms with E-state index >= 15 is 0 Å². The molecule has 1 aromatic heterocycles. The van der Waals surface area contributed by atoms with Gasteiger partial charge in [-0.05, 0) is 43.2 Å². The molecule has 2 aromatic carbocycles. The van der Waals surface area contributed by atoms with Crippen LogP contribution < -0.4 is 10.2 Å². The molecule has 1 saturated heterocycles. The Balaban J connectivity index is 1.57. The summed E-state index contributed by atoms with van der Waals surface area (Å²) < 4.78 is 0. The Hall–Kier alpha value is -3.21. The van der Waals surface area contributed by atoms with E-state index in [1.165, 1.54) is 0 Å². The Bertz CT molecular complexity index is 1040. The highest BCUT2D eigenvalue weighted by atomic mass is 16.2. The zero-order valence-electron chi connectivity index (χ0n) is 15.4. The van der Waals surface area contributed by atoms with Crippen LogP contribution in [0.2, 0.25) is 0 Å². The van der Waals surface area contributed by atoms with Crippen molar-refractivity contribution in [2.45, 2.75) is 20.3 Å². The molecular formula is C22H21N3O2. The summed E-state index contributed by atoms with van der Waals surface area (Å²) in [5.74, 6) is -0.543. The quantitative estimate of drug-likeness (QED) is 0.773. The third-order valence-electron chi connectivity index (χ3n) is 5.05. The number of carbonyl (C=O) groups is 2. The molecule has 0 aliphatic carbocycles. The van der Waals surface area contributed by atoms with Crippen molar-refractivity contribution in [1.29, 1.82) is 0 Å². The average molecular weight is 359 g/mol. The lowest BCUT2D eigenvalue weighted by Crippen LogP contribution is -2.28. The van der Waals surface area contributed by atoms with Crippen LogP contribution in [0.25, 0.3) is 10.9 Å². The van der Waals surface area contributed by atoms with Crippen LogP contribution in [0.5, 0.6) is 0 Å². The molecule has 0 saturated carbocycles. The first-order valence-corrected chi connectivity index (χ1v) is 9.05. The minimum atomic E-state index is -0.378. The standard InChI is InChI=1S/C22H21N3O2/c1-14-8-9-15(2)18(11-14)24-22(27)17-12-20(26)25(13-17)19-7-3-5-16-6-4-10-23-21(16)19/h3-11,17H,12-13H2,1-2H3,(H,24,27). The SMILES string of the molecule is Cc1ccc(C)c(NC(=O)C2CC(=O)N(c3cccc4cccnc34)C2)c1. The molecule has 27 heavy (non-hydrogen) atoms. The molecule has 2 amide bonds. The first kappa shape index (κ1) is 17.2. The molecule has 136 valence electrons. The summed E-state index contributed by atoms with van der Waals surface area (Å²) >= 11 is 0. The highest BCUT2D eigenvalue weighted by Crippen LogP contribution is 2.31. The summed E-state index contributed by atoms with van der Waals surface area (Å²) in [7, 11) is 0. The van der Waals surface area contributed by atoms with E-state index in [-0.39, 0.29) is 24.2 Å².